The van der Waals surface area contributed by atoms with Crippen LogP contribution in [0.2, 0.25) is 5.02 Å². The second-order valence-corrected chi connectivity index (χ2v) is 11.2. The number of aromatic amines is 1. The molecule has 0 unspecified atom stereocenters. The highest BCUT2D eigenvalue weighted by atomic mass is 35.5. The molecule has 3 aromatic carbocycles. The summed E-state index contributed by atoms with van der Waals surface area (Å²) in [5, 5.41) is 9.04. The molecule has 2 aromatic heterocycles. The zero-order valence-electron chi connectivity index (χ0n) is 21.0. The minimum atomic E-state index is -3.11. The van der Waals surface area contributed by atoms with Crippen molar-refractivity contribution in [1.82, 2.24) is 15.1 Å². The Hall–Kier alpha value is -3.27. The average molecular weight is 572 g/mol. The first-order chi connectivity index (χ1) is 18.8. The van der Waals surface area contributed by atoms with Gasteiger partial charge in [0.25, 0.3) is 5.92 Å². The van der Waals surface area contributed by atoms with Gasteiger partial charge in [0.15, 0.2) is 5.75 Å². The molecule has 0 aliphatic carbocycles. The molecular weight excluding hydrogens is 547 g/mol. The summed E-state index contributed by atoms with van der Waals surface area (Å²) < 4.78 is 55.1. The van der Waals surface area contributed by atoms with Crippen LogP contribution in [0, 0.1) is 0 Å². The molecule has 3 heterocycles. The van der Waals surface area contributed by atoms with Crippen LogP contribution in [-0.4, -0.2) is 47.5 Å². The smallest absolute Gasteiger partial charge is 0.271 e. The van der Waals surface area contributed by atoms with Crippen molar-refractivity contribution in [2.75, 3.05) is 26.3 Å². The third kappa shape index (κ3) is 5.18. The molecule has 0 amide bonds. The van der Waals surface area contributed by atoms with Crippen molar-refractivity contribution in [3.63, 3.8) is 0 Å². The Morgan fingerprint density at radius 2 is 1.85 bits per heavy atom. The molecule has 0 atom stereocenters. The number of aromatic nitrogens is 2. The van der Waals surface area contributed by atoms with E-state index in [4.69, 9.17) is 21.1 Å². The third-order valence-corrected chi connectivity index (χ3v) is 8.30. The molecule has 0 bridgehead atoms. The van der Waals surface area contributed by atoms with E-state index >= 15 is 0 Å². The zero-order valence-corrected chi connectivity index (χ0v) is 22.6. The van der Waals surface area contributed by atoms with Crippen LogP contribution in [0.25, 0.3) is 31.4 Å². The molecule has 1 aliphatic heterocycles. The lowest BCUT2D eigenvalue weighted by molar-refractivity contribution is 0.0180. The van der Waals surface area contributed by atoms with E-state index in [1.165, 1.54) is 17.4 Å². The van der Waals surface area contributed by atoms with Crippen LogP contribution in [0.4, 0.5) is 13.2 Å². The van der Waals surface area contributed by atoms with E-state index < -0.39 is 5.92 Å². The van der Waals surface area contributed by atoms with Crippen LogP contribution in [0.1, 0.15) is 18.9 Å². The highest BCUT2D eigenvalue weighted by molar-refractivity contribution is 7.23. The molecule has 6 rings (SSSR count). The van der Waals surface area contributed by atoms with E-state index in [1.807, 2.05) is 24.3 Å². The fourth-order valence-corrected chi connectivity index (χ4v) is 6.32. The van der Waals surface area contributed by atoms with Crippen LogP contribution < -0.4 is 9.47 Å². The second kappa shape index (κ2) is 10.4. The van der Waals surface area contributed by atoms with Gasteiger partial charge in [0.2, 0.25) is 0 Å². The van der Waals surface area contributed by atoms with Gasteiger partial charge in [0.1, 0.15) is 17.6 Å². The summed E-state index contributed by atoms with van der Waals surface area (Å²) in [7, 11) is 0. The number of fused-ring (bicyclic) bond motifs is 3. The van der Waals surface area contributed by atoms with E-state index in [9.17, 15) is 13.2 Å². The summed E-state index contributed by atoms with van der Waals surface area (Å²) in [6.07, 6.45) is 2.34. The van der Waals surface area contributed by atoms with Crippen molar-refractivity contribution in [3.05, 3.63) is 71.4 Å². The van der Waals surface area contributed by atoms with Gasteiger partial charge >= 0.3 is 0 Å². The molecule has 0 saturated carbocycles. The Balaban J connectivity index is 1.34. The van der Waals surface area contributed by atoms with Crippen molar-refractivity contribution in [2.24, 2.45) is 0 Å². The quantitative estimate of drug-likeness (QED) is 0.193. The van der Waals surface area contributed by atoms with Gasteiger partial charge in [-0.15, -0.1) is 11.3 Å². The molecule has 39 heavy (non-hydrogen) atoms. The number of H-pyrrole nitrogens is 1. The Morgan fingerprint density at radius 3 is 2.59 bits per heavy atom. The molecule has 1 saturated heterocycles. The number of halogens is 4. The highest BCUT2D eigenvalue weighted by Crippen LogP contribution is 2.51. The number of rotatable bonds is 9. The van der Waals surface area contributed by atoms with E-state index in [1.54, 1.807) is 30.5 Å². The molecule has 5 nitrogen and oxygen atoms in total. The Labute approximate surface area is 232 Å². The number of alkyl halides is 3. The van der Waals surface area contributed by atoms with Crippen molar-refractivity contribution in [1.29, 1.82) is 0 Å². The van der Waals surface area contributed by atoms with E-state index in [0.717, 1.165) is 47.5 Å². The standard InChI is InChI=1S/C29H25ClF3N3O2S/c1-29(32,33)24-13-17(30)3-8-21(24)28-26(22-9-10-25-23(14-34-35-25)27(22)39-28)38-19-6-4-18(5-7-19)37-20-15-36(16-20)12-2-11-31/h3-10,13-14,20H,2,11-12,15-16H2,1H3,(H,34,35). The second-order valence-electron chi connectivity index (χ2n) is 9.73. The van der Waals surface area contributed by atoms with Crippen molar-refractivity contribution >= 4 is 43.9 Å². The molecule has 202 valence electrons. The Bertz CT molecular complexity index is 1630. The zero-order chi connectivity index (χ0) is 27.1. The average Bonchev–Trinajstić information content (AvgIpc) is 3.50. The lowest BCUT2D eigenvalue weighted by Crippen LogP contribution is -2.53. The molecular formula is C29H25ClF3N3O2S. The Morgan fingerprint density at radius 1 is 1.08 bits per heavy atom. The van der Waals surface area contributed by atoms with E-state index in [-0.39, 0.29) is 23.4 Å². The number of hydrogen-bond acceptors (Lipinski definition) is 5. The van der Waals surface area contributed by atoms with Gasteiger partial charge in [-0.2, -0.15) is 5.10 Å². The number of hydrogen-bond donors (Lipinski definition) is 1. The van der Waals surface area contributed by atoms with Crippen molar-refractivity contribution in [3.8, 4) is 27.7 Å². The first kappa shape index (κ1) is 26.0. The predicted octanol–water partition coefficient (Wildman–Crippen LogP) is 8.42. The number of nitrogens with one attached hydrogen (secondary N) is 1. The first-order valence-corrected chi connectivity index (χ1v) is 13.8. The van der Waals surface area contributed by atoms with Crippen molar-refractivity contribution < 1.29 is 22.6 Å². The topological polar surface area (TPSA) is 50.4 Å². The summed E-state index contributed by atoms with van der Waals surface area (Å²) in [5.74, 6) is -1.37. The number of thiophene rings is 1. The Kier molecular flexibility index (Phi) is 6.91. The number of benzene rings is 3. The minimum absolute atomic E-state index is 0.0696. The SMILES string of the molecule is CC(F)(F)c1cc(Cl)ccc1-c1sc2c(ccc3[nH]ncc32)c1Oc1ccc(OC2CN(CCCF)C2)cc1. The van der Waals surface area contributed by atoms with Gasteiger partial charge in [-0.3, -0.25) is 14.4 Å². The maximum absolute atomic E-state index is 14.7. The minimum Gasteiger partial charge on any atom is -0.488 e. The van der Waals surface area contributed by atoms with Crippen LogP contribution in [0.5, 0.6) is 17.2 Å². The lowest BCUT2D eigenvalue weighted by Gasteiger charge is -2.38. The molecule has 1 aliphatic rings. The summed E-state index contributed by atoms with van der Waals surface area (Å²) in [6, 6.07) is 15.6. The fraction of sp³-hybridized carbons (Fsp3) is 0.276. The summed E-state index contributed by atoms with van der Waals surface area (Å²) in [5.41, 5.74) is 1.04. The van der Waals surface area contributed by atoms with E-state index in [2.05, 4.69) is 15.1 Å². The molecule has 1 fully saturated rings. The maximum Gasteiger partial charge on any atom is 0.271 e. The van der Waals surface area contributed by atoms with Gasteiger partial charge in [0, 0.05) is 58.2 Å². The monoisotopic (exact) mass is 571 g/mol. The molecule has 1 N–H and O–H groups in total. The van der Waals surface area contributed by atoms with Crippen LogP contribution in [-0.2, 0) is 5.92 Å². The molecule has 0 radical (unpaired) electrons. The van der Waals surface area contributed by atoms with Gasteiger partial charge in [-0.1, -0.05) is 17.7 Å². The molecule has 10 heteroatoms. The van der Waals surface area contributed by atoms with E-state index in [0.29, 0.717) is 34.1 Å². The normalized spacial score (nSPS) is 14.7. The molecule has 5 aromatic rings. The molecule has 0 spiro atoms. The van der Waals surface area contributed by atoms with Crippen LogP contribution in [0.15, 0.2) is 60.8 Å². The van der Waals surface area contributed by atoms with Gasteiger partial charge in [-0.05, 0) is 55.0 Å². The lowest BCUT2D eigenvalue weighted by atomic mass is 10.00. The van der Waals surface area contributed by atoms with Crippen molar-refractivity contribution in [2.45, 2.75) is 25.4 Å². The number of ether oxygens (including phenoxy) is 2. The van der Waals surface area contributed by atoms with Gasteiger partial charge in [0.05, 0.1) is 23.3 Å². The van der Waals surface area contributed by atoms with Crippen LogP contribution >= 0.6 is 22.9 Å². The number of likely N-dealkylation sites (tertiary alicyclic amines) is 1. The fourth-order valence-electron chi connectivity index (χ4n) is 4.87. The number of nitrogens with zero attached hydrogens (tertiary/aromatic N) is 2. The first-order valence-electron chi connectivity index (χ1n) is 12.6. The summed E-state index contributed by atoms with van der Waals surface area (Å²) in [4.78, 5) is 2.74. The largest absolute Gasteiger partial charge is 0.488 e. The maximum atomic E-state index is 14.7. The summed E-state index contributed by atoms with van der Waals surface area (Å²) >= 11 is 7.49. The van der Waals surface area contributed by atoms with Gasteiger partial charge < -0.3 is 9.47 Å². The van der Waals surface area contributed by atoms with Crippen LogP contribution in [0.3, 0.4) is 0 Å². The highest BCUT2D eigenvalue weighted by Gasteiger charge is 2.31. The summed E-state index contributed by atoms with van der Waals surface area (Å²) in [6.45, 7) is 2.85. The van der Waals surface area contributed by atoms with Gasteiger partial charge in [-0.25, -0.2) is 8.78 Å². The predicted molar refractivity (Wildman–Crippen MR) is 149 cm³/mol. The third-order valence-electron chi connectivity index (χ3n) is 6.81.